The van der Waals surface area contributed by atoms with E-state index >= 15 is 0 Å². The minimum atomic E-state index is -3.87. The Labute approximate surface area is 124 Å². The first-order valence-corrected chi connectivity index (χ1v) is 8.60. The van der Waals surface area contributed by atoms with Crippen molar-refractivity contribution in [1.82, 2.24) is 13.9 Å². The van der Waals surface area contributed by atoms with Gasteiger partial charge >= 0.3 is 5.97 Å². The van der Waals surface area contributed by atoms with Crippen LogP contribution in [0.1, 0.15) is 38.4 Å². The molecule has 1 atom stereocenters. The third-order valence-corrected chi connectivity index (χ3v) is 5.64. The van der Waals surface area contributed by atoms with E-state index in [0.29, 0.717) is 25.2 Å². The Balaban J connectivity index is 2.41. The van der Waals surface area contributed by atoms with Crippen molar-refractivity contribution in [3.8, 4) is 0 Å². The van der Waals surface area contributed by atoms with Crippen molar-refractivity contribution < 1.29 is 18.3 Å². The molecule has 2 heterocycles. The lowest BCUT2D eigenvalue weighted by atomic mass is 10.1. The van der Waals surface area contributed by atoms with Gasteiger partial charge in [-0.15, -0.1) is 0 Å². The zero-order valence-corrected chi connectivity index (χ0v) is 13.1. The van der Waals surface area contributed by atoms with Crippen LogP contribution in [0.2, 0.25) is 0 Å². The Morgan fingerprint density at radius 2 is 2.14 bits per heavy atom. The van der Waals surface area contributed by atoms with E-state index in [1.807, 2.05) is 6.92 Å². The molecule has 118 valence electrons. The van der Waals surface area contributed by atoms with Gasteiger partial charge in [-0.25, -0.2) is 13.4 Å². The number of sulfonamides is 1. The van der Waals surface area contributed by atoms with Gasteiger partial charge in [0.15, 0.2) is 5.03 Å². The standard InChI is InChI=1S/C13H21N3O4S/c1-3-15-9-12(14-10(15)2)21(19,20)16-8-6-4-5-7-11(16)13(17)18/h9,11H,3-8H2,1-2H3,(H,17,18). The maximum atomic E-state index is 12.7. The predicted molar refractivity (Wildman–Crippen MR) is 76.4 cm³/mol. The Morgan fingerprint density at radius 3 is 2.71 bits per heavy atom. The van der Waals surface area contributed by atoms with Gasteiger partial charge in [0.25, 0.3) is 10.0 Å². The number of aromatic nitrogens is 2. The average molecular weight is 315 g/mol. The van der Waals surface area contributed by atoms with Crippen molar-refractivity contribution in [2.75, 3.05) is 6.54 Å². The monoisotopic (exact) mass is 315 g/mol. The first kappa shape index (κ1) is 16.0. The topological polar surface area (TPSA) is 92.5 Å². The van der Waals surface area contributed by atoms with Gasteiger partial charge in [0.1, 0.15) is 11.9 Å². The zero-order valence-electron chi connectivity index (χ0n) is 12.3. The van der Waals surface area contributed by atoms with Gasteiger partial charge in [-0.3, -0.25) is 4.79 Å². The first-order chi connectivity index (χ1) is 9.87. The molecule has 0 aliphatic carbocycles. The van der Waals surface area contributed by atoms with E-state index in [4.69, 9.17) is 0 Å². The highest BCUT2D eigenvalue weighted by Gasteiger charge is 2.37. The molecule has 8 heteroatoms. The van der Waals surface area contributed by atoms with E-state index in [1.165, 1.54) is 6.20 Å². The summed E-state index contributed by atoms with van der Waals surface area (Å²) in [7, 11) is -3.87. The normalized spacial score (nSPS) is 21.1. The number of hydrogen-bond acceptors (Lipinski definition) is 4. The van der Waals surface area contributed by atoms with Gasteiger partial charge in [-0.05, 0) is 26.7 Å². The van der Waals surface area contributed by atoms with E-state index in [2.05, 4.69) is 4.98 Å². The van der Waals surface area contributed by atoms with Crippen LogP contribution in [0.5, 0.6) is 0 Å². The van der Waals surface area contributed by atoms with Crippen molar-refractivity contribution >= 4 is 16.0 Å². The van der Waals surface area contributed by atoms with Crippen LogP contribution in [0.15, 0.2) is 11.2 Å². The number of aryl methyl sites for hydroxylation is 2. The third kappa shape index (κ3) is 3.11. The van der Waals surface area contributed by atoms with Gasteiger partial charge in [0, 0.05) is 19.3 Å². The second-order valence-electron chi connectivity index (χ2n) is 5.23. The number of carboxylic acids is 1. The van der Waals surface area contributed by atoms with Gasteiger partial charge < -0.3 is 9.67 Å². The van der Waals surface area contributed by atoms with Gasteiger partial charge in [-0.2, -0.15) is 4.31 Å². The summed E-state index contributed by atoms with van der Waals surface area (Å²) in [6.07, 6.45) is 4.08. The molecule has 1 aromatic heterocycles. The quantitative estimate of drug-likeness (QED) is 0.902. The molecule has 1 N–H and O–H groups in total. The van der Waals surface area contributed by atoms with E-state index in [-0.39, 0.29) is 11.6 Å². The van der Waals surface area contributed by atoms with Crippen molar-refractivity contribution in [3.63, 3.8) is 0 Å². The summed E-state index contributed by atoms with van der Waals surface area (Å²) < 4.78 is 28.3. The minimum Gasteiger partial charge on any atom is -0.480 e. The Bertz CT molecular complexity index is 623. The number of imidazole rings is 1. The summed E-state index contributed by atoms with van der Waals surface area (Å²) in [6, 6.07) is -0.996. The molecule has 1 saturated heterocycles. The lowest BCUT2D eigenvalue weighted by molar-refractivity contribution is -0.141. The molecule has 21 heavy (non-hydrogen) atoms. The number of hydrogen-bond donors (Lipinski definition) is 1. The second-order valence-corrected chi connectivity index (χ2v) is 7.07. The molecular weight excluding hydrogens is 294 g/mol. The highest BCUT2D eigenvalue weighted by Crippen LogP contribution is 2.24. The summed E-state index contributed by atoms with van der Waals surface area (Å²) in [5.74, 6) is -0.482. The second kappa shape index (κ2) is 6.15. The van der Waals surface area contributed by atoms with Gasteiger partial charge in [0.05, 0.1) is 0 Å². The van der Waals surface area contributed by atoms with Crippen LogP contribution in [0, 0.1) is 6.92 Å². The number of carboxylic acid groups (broad SMARTS) is 1. The summed E-state index contributed by atoms with van der Waals surface area (Å²) in [5.41, 5.74) is 0. The van der Waals surface area contributed by atoms with Gasteiger partial charge in [-0.1, -0.05) is 12.8 Å². The zero-order chi connectivity index (χ0) is 15.6. The lowest BCUT2D eigenvalue weighted by Gasteiger charge is -2.24. The van der Waals surface area contributed by atoms with Crippen LogP contribution in [0.4, 0.5) is 0 Å². The van der Waals surface area contributed by atoms with E-state index in [1.54, 1.807) is 11.5 Å². The lowest BCUT2D eigenvalue weighted by Crippen LogP contribution is -2.44. The molecular formula is C13H21N3O4S. The summed E-state index contributed by atoms with van der Waals surface area (Å²) in [5, 5.41) is 9.26. The molecule has 0 bridgehead atoms. The van der Waals surface area contributed by atoms with E-state index in [9.17, 15) is 18.3 Å². The molecule has 1 fully saturated rings. The first-order valence-electron chi connectivity index (χ1n) is 7.16. The SMILES string of the molecule is CCn1cc(S(=O)(=O)N2CCCCCC2C(=O)O)nc1C. The smallest absolute Gasteiger partial charge is 0.322 e. The molecule has 1 aliphatic rings. The molecule has 1 aliphatic heterocycles. The molecule has 7 nitrogen and oxygen atoms in total. The van der Waals surface area contributed by atoms with E-state index in [0.717, 1.165) is 17.1 Å². The highest BCUT2D eigenvalue weighted by atomic mass is 32.2. The van der Waals surface area contributed by atoms with E-state index < -0.39 is 22.0 Å². The Morgan fingerprint density at radius 1 is 1.43 bits per heavy atom. The molecule has 2 rings (SSSR count). The Hall–Kier alpha value is -1.41. The molecule has 0 amide bonds. The molecule has 1 unspecified atom stereocenters. The fourth-order valence-corrected chi connectivity index (χ4v) is 4.31. The molecule has 1 aromatic rings. The number of nitrogens with zero attached hydrogens (tertiary/aromatic N) is 3. The fraction of sp³-hybridized carbons (Fsp3) is 0.692. The Kier molecular flexibility index (Phi) is 4.67. The maximum absolute atomic E-state index is 12.7. The van der Waals surface area contributed by atoms with Gasteiger partial charge in [0.2, 0.25) is 0 Å². The van der Waals surface area contributed by atoms with Crippen molar-refractivity contribution in [2.24, 2.45) is 0 Å². The van der Waals surface area contributed by atoms with Crippen LogP contribution in [-0.4, -0.2) is 45.9 Å². The number of aliphatic carboxylic acids is 1. The van der Waals surface area contributed by atoms with Crippen LogP contribution in [0.3, 0.4) is 0 Å². The van der Waals surface area contributed by atoms with Crippen LogP contribution >= 0.6 is 0 Å². The number of carbonyl (C=O) groups is 1. The fourth-order valence-electron chi connectivity index (χ4n) is 2.66. The minimum absolute atomic E-state index is 0.0602. The van der Waals surface area contributed by atoms with Crippen molar-refractivity contribution in [1.29, 1.82) is 0 Å². The molecule has 0 spiro atoms. The van der Waals surface area contributed by atoms with Crippen molar-refractivity contribution in [2.45, 2.75) is 57.1 Å². The third-order valence-electron chi connectivity index (χ3n) is 3.86. The molecule has 0 saturated carbocycles. The molecule has 0 radical (unpaired) electrons. The summed E-state index contributed by atoms with van der Waals surface area (Å²) in [4.78, 5) is 15.5. The largest absolute Gasteiger partial charge is 0.480 e. The van der Waals surface area contributed by atoms with Crippen LogP contribution in [-0.2, 0) is 21.4 Å². The highest BCUT2D eigenvalue weighted by molar-refractivity contribution is 7.89. The van der Waals surface area contributed by atoms with Crippen molar-refractivity contribution in [3.05, 3.63) is 12.0 Å². The maximum Gasteiger partial charge on any atom is 0.322 e. The predicted octanol–water partition coefficient (Wildman–Crippen LogP) is 1.23. The van der Waals surface area contributed by atoms with Crippen LogP contribution in [0.25, 0.3) is 0 Å². The summed E-state index contributed by atoms with van der Waals surface area (Å²) in [6.45, 7) is 4.49. The average Bonchev–Trinajstić information content (AvgIpc) is 2.65. The molecule has 0 aromatic carbocycles. The number of rotatable bonds is 4. The summed E-state index contributed by atoms with van der Waals surface area (Å²) >= 11 is 0. The van der Waals surface area contributed by atoms with Crippen LogP contribution < -0.4 is 0 Å².